The second kappa shape index (κ2) is 8.20. The molecule has 1 aromatic heterocycles. The fourth-order valence-electron chi connectivity index (χ4n) is 4.00. The van der Waals surface area contributed by atoms with E-state index in [1.807, 2.05) is 30.3 Å². The monoisotopic (exact) mass is 438 g/mol. The van der Waals surface area contributed by atoms with Gasteiger partial charge in [0.2, 0.25) is 5.91 Å². The maximum Gasteiger partial charge on any atom is 0.336 e. The summed E-state index contributed by atoms with van der Waals surface area (Å²) < 4.78 is 5.13. The Bertz CT molecular complexity index is 1420. The first-order valence-corrected chi connectivity index (χ1v) is 10.4. The van der Waals surface area contributed by atoms with Crippen molar-refractivity contribution in [1.82, 2.24) is 4.90 Å². The Labute approximate surface area is 188 Å². The number of nitrogens with one attached hydrogen (secondary N) is 1. The van der Waals surface area contributed by atoms with Crippen molar-refractivity contribution in [3.63, 3.8) is 0 Å². The highest BCUT2D eigenvalue weighted by Crippen LogP contribution is 2.27. The Balaban J connectivity index is 1.49. The van der Waals surface area contributed by atoms with Crippen LogP contribution in [0.3, 0.4) is 0 Å². The molecule has 1 unspecified atom stereocenters. The molecule has 4 aromatic rings. The van der Waals surface area contributed by atoms with Crippen LogP contribution < -0.4 is 10.9 Å². The molecule has 7 nitrogen and oxygen atoms in total. The molecule has 33 heavy (non-hydrogen) atoms. The Hall–Kier alpha value is -4.52. The Kier molecular flexibility index (Phi) is 5.06. The molecule has 1 aliphatic heterocycles. The molecule has 3 amide bonds. The number of imide groups is 1. The maximum absolute atomic E-state index is 13.4. The molecular formula is C26H18N2O5. The summed E-state index contributed by atoms with van der Waals surface area (Å²) in [4.78, 5) is 52.0. The van der Waals surface area contributed by atoms with Crippen molar-refractivity contribution in [3.8, 4) is 0 Å². The van der Waals surface area contributed by atoms with E-state index in [9.17, 15) is 19.2 Å². The summed E-state index contributed by atoms with van der Waals surface area (Å²) in [7, 11) is 0. The number of benzene rings is 3. The van der Waals surface area contributed by atoms with E-state index in [2.05, 4.69) is 5.32 Å². The van der Waals surface area contributed by atoms with Gasteiger partial charge < -0.3 is 9.73 Å². The van der Waals surface area contributed by atoms with Gasteiger partial charge in [-0.25, -0.2) is 4.79 Å². The van der Waals surface area contributed by atoms with E-state index >= 15 is 0 Å². The lowest BCUT2D eigenvalue weighted by molar-refractivity contribution is -0.119. The van der Waals surface area contributed by atoms with Crippen LogP contribution in [0.4, 0.5) is 5.69 Å². The minimum Gasteiger partial charge on any atom is -0.423 e. The fraction of sp³-hybridized carbons (Fsp3) is 0.0769. The highest BCUT2D eigenvalue weighted by atomic mass is 16.4. The topological polar surface area (TPSA) is 96.7 Å². The zero-order valence-electron chi connectivity index (χ0n) is 17.4. The lowest BCUT2D eigenvalue weighted by Gasteiger charge is -2.25. The molecule has 3 aromatic carbocycles. The lowest BCUT2D eigenvalue weighted by atomic mass is 10.0. The van der Waals surface area contributed by atoms with Crippen molar-refractivity contribution in [2.75, 3.05) is 5.32 Å². The summed E-state index contributed by atoms with van der Waals surface area (Å²) in [6, 6.07) is 22.5. The molecule has 0 aliphatic carbocycles. The van der Waals surface area contributed by atoms with Gasteiger partial charge in [0.05, 0.1) is 11.1 Å². The predicted octanol–water partition coefficient (Wildman–Crippen LogP) is 3.64. The Morgan fingerprint density at radius 3 is 2.18 bits per heavy atom. The fourth-order valence-corrected chi connectivity index (χ4v) is 4.00. The zero-order chi connectivity index (χ0) is 22.9. The number of anilines is 1. The van der Waals surface area contributed by atoms with E-state index < -0.39 is 29.4 Å². The molecule has 1 N–H and O–H groups in total. The number of carbonyl (C=O) groups is 3. The van der Waals surface area contributed by atoms with E-state index in [-0.39, 0.29) is 17.5 Å². The molecule has 2 heterocycles. The van der Waals surface area contributed by atoms with Gasteiger partial charge in [-0.1, -0.05) is 42.5 Å². The molecule has 162 valence electrons. The second-order valence-corrected chi connectivity index (χ2v) is 7.73. The number of nitrogens with zero attached hydrogens (tertiary/aromatic N) is 1. The molecule has 0 saturated carbocycles. The third-order valence-corrected chi connectivity index (χ3v) is 5.60. The molecule has 1 aliphatic rings. The number of carbonyl (C=O) groups excluding carboxylic acids is 3. The standard InChI is InChI=1S/C26H18N2O5/c29-23-13-10-17-15-18(11-12-22(17)33-23)27-24(30)21(14-16-6-2-1-3-7-16)28-25(31)19-8-4-5-9-20(19)26(28)32/h1-13,15,21H,14H2,(H,27,30). The van der Waals surface area contributed by atoms with Crippen LogP contribution >= 0.6 is 0 Å². The van der Waals surface area contributed by atoms with Crippen LogP contribution in [-0.4, -0.2) is 28.7 Å². The number of hydrogen-bond donors (Lipinski definition) is 1. The van der Waals surface area contributed by atoms with Gasteiger partial charge in [0.15, 0.2) is 0 Å². The number of rotatable bonds is 5. The van der Waals surface area contributed by atoms with Crippen LogP contribution in [-0.2, 0) is 11.2 Å². The highest BCUT2D eigenvalue weighted by Gasteiger charge is 2.42. The summed E-state index contributed by atoms with van der Waals surface area (Å²) in [5, 5.41) is 3.44. The van der Waals surface area contributed by atoms with E-state index in [4.69, 9.17) is 4.42 Å². The van der Waals surface area contributed by atoms with Crippen LogP contribution in [0.5, 0.6) is 0 Å². The molecule has 5 rings (SSSR count). The predicted molar refractivity (Wildman–Crippen MR) is 122 cm³/mol. The van der Waals surface area contributed by atoms with Crippen molar-refractivity contribution in [2.24, 2.45) is 0 Å². The smallest absolute Gasteiger partial charge is 0.336 e. The summed E-state index contributed by atoms with van der Waals surface area (Å²) >= 11 is 0. The first-order chi connectivity index (χ1) is 16.0. The van der Waals surface area contributed by atoms with Gasteiger partial charge in [0.1, 0.15) is 11.6 Å². The maximum atomic E-state index is 13.4. The van der Waals surface area contributed by atoms with Crippen LogP contribution in [0, 0.1) is 0 Å². The average Bonchev–Trinajstić information content (AvgIpc) is 3.08. The normalized spacial score (nSPS) is 13.8. The third-order valence-electron chi connectivity index (χ3n) is 5.60. The van der Waals surface area contributed by atoms with Crippen LogP contribution in [0.25, 0.3) is 11.0 Å². The molecule has 0 bridgehead atoms. The third kappa shape index (κ3) is 3.80. The Morgan fingerprint density at radius 1 is 0.818 bits per heavy atom. The van der Waals surface area contributed by atoms with Crippen molar-refractivity contribution in [1.29, 1.82) is 0 Å². The van der Waals surface area contributed by atoms with Gasteiger partial charge in [-0.05, 0) is 42.0 Å². The summed E-state index contributed by atoms with van der Waals surface area (Å²) in [5.41, 5.74) is 1.77. The van der Waals surface area contributed by atoms with Crippen LogP contribution in [0.15, 0.2) is 94.1 Å². The van der Waals surface area contributed by atoms with E-state index in [0.29, 0.717) is 16.7 Å². The largest absolute Gasteiger partial charge is 0.423 e. The van der Waals surface area contributed by atoms with E-state index in [0.717, 1.165) is 10.5 Å². The molecule has 7 heteroatoms. The minimum atomic E-state index is -1.05. The SMILES string of the molecule is O=C(Nc1ccc2oc(=O)ccc2c1)C(Cc1ccccc1)N1C(=O)c2ccccc2C1=O. The Morgan fingerprint density at radius 2 is 1.48 bits per heavy atom. The summed E-state index contributed by atoms with van der Waals surface area (Å²) in [6.45, 7) is 0. The van der Waals surface area contributed by atoms with Gasteiger partial charge in [0.25, 0.3) is 11.8 Å². The average molecular weight is 438 g/mol. The van der Waals surface area contributed by atoms with Gasteiger partial charge in [-0.2, -0.15) is 0 Å². The van der Waals surface area contributed by atoms with Crippen molar-refractivity contribution >= 4 is 34.4 Å². The zero-order valence-corrected chi connectivity index (χ0v) is 17.4. The van der Waals surface area contributed by atoms with Gasteiger partial charge in [-0.15, -0.1) is 0 Å². The first kappa shape index (κ1) is 20.4. The molecule has 0 radical (unpaired) electrons. The van der Waals surface area contributed by atoms with Gasteiger partial charge >= 0.3 is 5.63 Å². The van der Waals surface area contributed by atoms with E-state index in [1.54, 1.807) is 48.5 Å². The van der Waals surface area contributed by atoms with Crippen LogP contribution in [0.1, 0.15) is 26.3 Å². The quantitative estimate of drug-likeness (QED) is 0.379. The number of amides is 3. The van der Waals surface area contributed by atoms with Crippen molar-refractivity contribution < 1.29 is 18.8 Å². The molecular weight excluding hydrogens is 420 g/mol. The molecule has 0 spiro atoms. The lowest BCUT2D eigenvalue weighted by Crippen LogP contribution is -2.48. The van der Waals surface area contributed by atoms with Crippen molar-refractivity contribution in [3.05, 3.63) is 112 Å². The number of fused-ring (bicyclic) bond motifs is 2. The highest BCUT2D eigenvalue weighted by molar-refractivity contribution is 6.23. The minimum absolute atomic E-state index is 0.167. The second-order valence-electron chi connectivity index (χ2n) is 7.73. The van der Waals surface area contributed by atoms with Crippen LogP contribution in [0.2, 0.25) is 0 Å². The summed E-state index contributed by atoms with van der Waals surface area (Å²) in [6.07, 6.45) is 0.167. The van der Waals surface area contributed by atoms with E-state index in [1.165, 1.54) is 6.07 Å². The molecule has 0 fully saturated rings. The van der Waals surface area contributed by atoms with Gasteiger partial charge in [0, 0.05) is 23.6 Å². The molecule has 0 saturated heterocycles. The number of hydrogen-bond acceptors (Lipinski definition) is 5. The molecule has 1 atom stereocenters. The summed E-state index contributed by atoms with van der Waals surface area (Å²) in [5.74, 6) is -1.48. The van der Waals surface area contributed by atoms with Crippen molar-refractivity contribution in [2.45, 2.75) is 12.5 Å². The van der Waals surface area contributed by atoms with Gasteiger partial charge in [-0.3, -0.25) is 19.3 Å². The first-order valence-electron chi connectivity index (χ1n) is 10.4.